The lowest BCUT2D eigenvalue weighted by molar-refractivity contribution is 0.181. The van der Waals surface area contributed by atoms with Crippen LogP contribution in [0, 0.1) is 5.41 Å². The summed E-state index contributed by atoms with van der Waals surface area (Å²) in [4.78, 5) is 13.7. The van der Waals surface area contributed by atoms with Gasteiger partial charge in [-0.05, 0) is 50.9 Å². The molecular weight excluding hydrogens is 376 g/mol. The van der Waals surface area contributed by atoms with Gasteiger partial charge in [0.15, 0.2) is 0 Å². The number of benzene rings is 1. The fourth-order valence-electron chi connectivity index (χ4n) is 4.08. The first-order valence-electron chi connectivity index (χ1n) is 10.9. The fourth-order valence-corrected chi connectivity index (χ4v) is 4.08. The molecule has 1 unspecified atom stereocenters. The second kappa shape index (κ2) is 8.22. The predicted molar refractivity (Wildman–Crippen MR) is 121 cm³/mol. The second-order valence-electron chi connectivity index (χ2n) is 8.57. The van der Waals surface area contributed by atoms with E-state index in [1.54, 1.807) is 6.33 Å². The maximum absolute atomic E-state index is 8.75. The van der Waals surface area contributed by atoms with Crippen molar-refractivity contribution in [2.45, 2.75) is 51.7 Å². The molecule has 1 aromatic heterocycles. The second-order valence-corrected chi connectivity index (χ2v) is 8.57. The molecule has 1 aliphatic heterocycles. The van der Waals surface area contributed by atoms with Crippen LogP contribution >= 0.6 is 0 Å². The van der Waals surface area contributed by atoms with Gasteiger partial charge in [0, 0.05) is 43.0 Å². The van der Waals surface area contributed by atoms with Crippen LogP contribution in [0.15, 0.2) is 30.6 Å². The van der Waals surface area contributed by atoms with E-state index in [2.05, 4.69) is 40.5 Å². The van der Waals surface area contributed by atoms with Crippen LogP contribution in [0.3, 0.4) is 0 Å². The van der Waals surface area contributed by atoms with Crippen LogP contribution in [-0.2, 0) is 0 Å². The molecule has 0 spiro atoms. The van der Waals surface area contributed by atoms with Crippen molar-refractivity contribution in [3.8, 4) is 5.75 Å². The van der Waals surface area contributed by atoms with E-state index in [1.165, 1.54) is 0 Å². The van der Waals surface area contributed by atoms with Gasteiger partial charge in [-0.25, -0.2) is 9.97 Å². The average molecular weight is 409 g/mol. The highest BCUT2D eigenvalue weighted by atomic mass is 16.5. The Labute approximate surface area is 178 Å². The molecule has 0 bridgehead atoms. The Kier molecular flexibility index (Phi) is 5.64. The summed E-state index contributed by atoms with van der Waals surface area (Å²) in [5.41, 5.74) is 8.19. The number of nitrogen functional groups attached to an aromatic ring is 1. The van der Waals surface area contributed by atoms with Gasteiger partial charge < -0.3 is 15.4 Å². The summed E-state index contributed by atoms with van der Waals surface area (Å²) in [7, 11) is 0. The van der Waals surface area contributed by atoms with E-state index in [9.17, 15) is 0 Å². The zero-order valence-electron chi connectivity index (χ0n) is 18.2. The Bertz CT molecular complexity index is 926. The molecule has 1 saturated carbocycles. The fraction of sp³-hybridized carbons (Fsp3) is 0.522. The minimum atomic E-state index is -0.0753. The molecule has 160 valence electrons. The van der Waals surface area contributed by atoms with E-state index >= 15 is 0 Å². The number of anilines is 2. The van der Waals surface area contributed by atoms with E-state index in [0.29, 0.717) is 28.7 Å². The monoisotopic (exact) mass is 408 g/mol. The van der Waals surface area contributed by atoms with Crippen molar-refractivity contribution in [1.29, 1.82) is 5.41 Å². The summed E-state index contributed by atoms with van der Waals surface area (Å²) >= 11 is 0. The number of hydrogen-bond acceptors (Lipinski definition) is 7. The van der Waals surface area contributed by atoms with Crippen LogP contribution in [0.4, 0.5) is 11.5 Å². The number of aromatic nitrogens is 2. The molecule has 7 nitrogen and oxygen atoms in total. The first kappa shape index (κ1) is 20.6. The van der Waals surface area contributed by atoms with Crippen molar-refractivity contribution in [3.63, 3.8) is 0 Å². The lowest BCUT2D eigenvalue weighted by atomic mass is 10.0. The lowest BCUT2D eigenvalue weighted by Gasteiger charge is -2.41. The van der Waals surface area contributed by atoms with Crippen molar-refractivity contribution in [2.24, 2.45) is 0 Å². The molecule has 2 fully saturated rings. The first-order valence-corrected chi connectivity index (χ1v) is 10.9. The summed E-state index contributed by atoms with van der Waals surface area (Å²) in [5, 5.41) is 8.75. The molecule has 2 aromatic rings. The number of piperazine rings is 1. The van der Waals surface area contributed by atoms with Gasteiger partial charge in [-0.3, -0.25) is 10.3 Å². The number of nitrogens with one attached hydrogen (secondary N) is 1. The summed E-state index contributed by atoms with van der Waals surface area (Å²) < 4.78 is 6.06. The van der Waals surface area contributed by atoms with Crippen molar-refractivity contribution in [1.82, 2.24) is 14.9 Å². The molecule has 1 aromatic carbocycles. The molecule has 1 aliphatic carbocycles. The predicted octanol–water partition coefficient (Wildman–Crippen LogP) is 3.33. The molecule has 1 atom stereocenters. The quantitative estimate of drug-likeness (QED) is 0.539. The van der Waals surface area contributed by atoms with Gasteiger partial charge in [0.1, 0.15) is 23.5 Å². The summed E-state index contributed by atoms with van der Waals surface area (Å²) in [6.45, 7) is 10.5. The van der Waals surface area contributed by atoms with Crippen LogP contribution in [0.25, 0.3) is 0 Å². The average Bonchev–Trinajstić information content (AvgIpc) is 3.50. The van der Waals surface area contributed by atoms with Crippen LogP contribution in [-0.4, -0.2) is 58.4 Å². The smallest absolute Gasteiger partial charge is 0.132 e. The molecule has 7 heteroatoms. The van der Waals surface area contributed by atoms with Crippen LogP contribution in [0.2, 0.25) is 0 Å². The van der Waals surface area contributed by atoms with Gasteiger partial charge in [0.2, 0.25) is 0 Å². The van der Waals surface area contributed by atoms with Gasteiger partial charge in [-0.2, -0.15) is 0 Å². The summed E-state index contributed by atoms with van der Waals surface area (Å²) in [6, 6.07) is 7.97. The normalized spacial score (nSPS) is 20.8. The topological polar surface area (TPSA) is 91.4 Å². The SMILES string of the molecule is CCC1CN(c2cc(C(=N)c3cc(OC4(C)CC4)ccc3N)ncn2)CCN1CC. The van der Waals surface area contributed by atoms with Crippen molar-refractivity contribution < 1.29 is 4.74 Å². The van der Waals surface area contributed by atoms with E-state index < -0.39 is 0 Å². The highest BCUT2D eigenvalue weighted by Crippen LogP contribution is 2.40. The van der Waals surface area contributed by atoms with E-state index in [0.717, 1.165) is 57.0 Å². The van der Waals surface area contributed by atoms with Gasteiger partial charge in [-0.1, -0.05) is 13.8 Å². The Morgan fingerprint density at radius 1 is 1.23 bits per heavy atom. The number of likely N-dealkylation sites (N-methyl/N-ethyl adjacent to an activating group) is 1. The Balaban J connectivity index is 1.55. The van der Waals surface area contributed by atoms with Crippen molar-refractivity contribution in [3.05, 3.63) is 41.9 Å². The van der Waals surface area contributed by atoms with E-state index in [1.807, 2.05) is 24.3 Å². The standard InChI is InChI=1S/C23H32N6O/c1-4-16-14-29(11-10-28(16)5-2)21-13-20(26-15-27-21)22(25)18-12-17(6-7-19(18)24)30-23(3)8-9-23/h6-7,12-13,15-16,25H,4-5,8-11,14,24H2,1-3H3. The summed E-state index contributed by atoms with van der Waals surface area (Å²) in [5.74, 6) is 1.62. The molecule has 30 heavy (non-hydrogen) atoms. The third kappa shape index (κ3) is 4.26. The molecule has 2 aliphatic rings. The van der Waals surface area contributed by atoms with Gasteiger partial charge in [-0.15, -0.1) is 0 Å². The molecule has 0 radical (unpaired) electrons. The molecule has 3 N–H and O–H groups in total. The van der Waals surface area contributed by atoms with Crippen molar-refractivity contribution >= 4 is 17.2 Å². The number of nitrogens with zero attached hydrogens (tertiary/aromatic N) is 4. The lowest BCUT2D eigenvalue weighted by Crippen LogP contribution is -2.53. The zero-order chi connectivity index (χ0) is 21.3. The van der Waals surface area contributed by atoms with Gasteiger partial charge in [0.25, 0.3) is 0 Å². The number of hydrogen-bond donors (Lipinski definition) is 2. The third-order valence-corrected chi connectivity index (χ3v) is 6.33. The molecule has 2 heterocycles. The minimum absolute atomic E-state index is 0.0753. The van der Waals surface area contributed by atoms with Crippen LogP contribution < -0.4 is 15.4 Å². The Morgan fingerprint density at radius 3 is 2.73 bits per heavy atom. The maximum Gasteiger partial charge on any atom is 0.132 e. The van der Waals surface area contributed by atoms with E-state index in [4.69, 9.17) is 15.9 Å². The maximum atomic E-state index is 8.75. The van der Waals surface area contributed by atoms with E-state index in [-0.39, 0.29) is 5.60 Å². The largest absolute Gasteiger partial charge is 0.488 e. The molecule has 4 rings (SSSR count). The molecule has 1 saturated heterocycles. The molecule has 0 amide bonds. The minimum Gasteiger partial charge on any atom is -0.488 e. The highest BCUT2D eigenvalue weighted by Gasteiger charge is 2.40. The zero-order valence-corrected chi connectivity index (χ0v) is 18.2. The Hall–Kier alpha value is -2.67. The number of ether oxygens (including phenoxy) is 1. The van der Waals surface area contributed by atoms with Crippen LogP contribution in [0.1, 0.15) is 51.3 Å². The summed E-state index contributed by atoms with van der Waals surface area (Å²) in [6.07, 6.45) is 4.78. The first-order chi connectivity index (χ1) is 14.4. The Morgan fingerprint density at radius 2 is 2.03 bits per heavy atom. The van der Waals surface area contributed by atoms with Crippen LogP contribution in [0.5, 0.6) is 5.75 Å². The molecular formula is C23H32N6O. The third-order valence-electron chi connectivity index (χ3n) is 6.33. The number of nitrogens with two attached hydrogens (primary N) is 1. The van der Waals surface area contributed by atoms with Gasteiger partial charge >= 0.3 is 0 Å². The number of rotatable bonds is 7. The van der Waals surface area contributed by atoms with Crippen molar-refractivity contribution in [2.75, 3.05) is 36.8 Å². The highest BCUT2D eigenvalue weighted by molar-refractivity contribution is 6.13. The van der Waals surface area contributed by atoms with Gasteiger partial charge in [0.05, 0.1) is 11.4 Å².